The van der Waals surface area contributed by atoms with E-state index in [0.29, 0.717) is 12.0 Å². The van der Waals surface area contributed by atoms with E-state index >= 15 is 0 Å². The maximum absolute atomic E-state index is 10.1. The molecular formula is C22H40ClNO5. The third-order valence-corrected chi connectivity index (χ3v) is 7.73. The van der Waals surface area contributed by atoms with Gasteiger partial charge in [0, 0.05) is 19.8 Å². The molecule has 0 radical (unpaired) electrons. The molecule has 4 aliphatic carbocycles. The number of unbranched alkanes of at least 4 members (excludes halogenated alkanes) is 2. The third-order valence-electron chi connectivity index (χ3n) is 7.73. The average Bonchev–Trinajstić information content (AvgIpc) is 2.66. The molecule has 0 amide bonds. The Morgan fingerprint density at radius 1 is 0.897 bits per heavy atom. The van der Waals surface area contributed by atoms with Crippen LogP contribution in [0, 0.1) is 23.2 Å². The molecule has 5 rings (SSSR count). The Bertz CT molecular complexity index is 470. The Morgan fingerprint density at radius 3 is 2.14 bits per heavy atom. The first-order valence-electron chi connectivity index (χ1n) is 11.5. The second-order valence-electron chi connectivity index (χ2n) is 10.1. The molecule has 1 aliphatic heterocycles. The van der Waals surface area contributed by atoms with Crippen LogP contribution in [0.3, 0.4) is 0 Å². The number of piperidine rings is 1. The number of hydrogen-bond donors (Lipinski definition) is 4. The molecule has 4 bridgehead atoms. The van der Waals surface area contributed by atoms with Crippen molar-refractivity contribution in [1.29, 1.82) is 0 Å². The van der Waals surface area contributed by atoms with E-state index < -0.39 is 18.3 Å². The van der Waals surface area contributed by atoms with E-state index in [1.807, 2.05) is 0 Å². The van der Waals surface area contributed by atoms with Crippen molar-refractivity contribution in [2.24, 2.45) is 23.2 Å². The summed E-state index contributed by atoms with van der Waals surface area (Å²) in [6.07, 6.45) is 9.30. The fourth-order valence-corrected chi connectivity index (χ4v) is 6.81. The van der Waals surface area contributed by atoms with Crippen LogP contribution in [0.15, 0.2) is 0 Å². The normalized spacial score (nSPS) is 43.3. The lowest BCUT2D eigenvalue weighted by Gasteiger charge is -2.56. The Kier molecular flexibility index (Phi) is 8.65. The molecule has 4 N–H and O–H groups in total. The lowest BCUT2D eigenvalue weighted by molar-refractivity contribution is -0.129. The number of aliphatic hydroxyl groups excluding tert-OH is 3. The van der Waals surface area contributed by atoms with Crippen LogP contribution in [0.1, 0.15) is 57.8 Å². The molecule has 0 unspecified atom stereocenters. The van der Waals surface area contributed by atoms with Crippen molar-refractivity contribution in [3.8, 4) is 0 Å². The van der Waals surface area contributed by atoms with Gasteiger partial charge in [-0.25, -0.2) is 0 Å². The van der Waals surface area contributed by atoms with E-state index in [4.69, 9.17) is 9.47 Å². The first-order chi connectivity index (χ1) is 13.6. The minimum Gasteiger partial charge on any atom is -0.395 e. The summed E-state index contributed by atoms with van der Waals surface area (Å²) in [5.41, 5.74) is 0.502. The molecule has 29 heavy (non-hydrogen) atoms. The number of β-amino-alcohol motifs (C(OH)–C–C–N with tert-alkyl or cyclic N) is 1. The minimum absolute atomic E-state index is 0. The predicted molar refractivity (Wildman–Crippen MR) is 113 cm³/mol. The molecule has 0 aromatic rings. The molecule has 4 saturated carbocycles. The van der Waals surface area contributed by atoms with E-state index in [9.17, 15) is 15.3 Å². The van der Waals surface area contributed by atoms with Crippen molar-refractivity contribution in [2.45, 2.75) is 82.1 Å². The van der Waals surface area contributed by atoms with Crippen LogP contribution in [0.5, 0.6) is 0 Å². The number of aliphatic hydroxyl groups is 3. The van der Waals surface area contributed by atoms with Gasteiger partial charge in [-0.3, -0.25) is 0 Å². The summed E-state index contributed by atoms with van der Waals surface area (Å²) in [6, 6.07) is -0.318. The van der Waals surface area contributed by atoms with Crippen molar-refractivity contribution in [3.05, 3.63) is 0 Å². The summed E-state index contributed by atoms with van der Waals surface area (Å²) in [4.78, 5) is 0. The van der Waals surface area contributed by atoms with Crippen LogP contribution < -0.4 is 5.32 Å². The largest absolute Gasteiger partial charge is 0.395 e. The van der Waals surface area contributed by atoms with E-state index in [0.717, 1.165) is 50.2 Å². The molecule has 0 aromatic heterocycles. The number of rotatable bonds is 10. The van der Waals surface area contributed by atoms with Gasteiger partial charge in [0.05, 0.1) is 25.4 Å². The van der Waals surface area contributed by atoms with Gasteiger partial charge >= 0.3 is 0 Å². The van der Waals surface area contributed by atoms with Crippen LogP contribution in [-0.2, 0) is 9.47 Å². The van der Waals surface area contributed by atoms with Crippen molar-refractivity contribution in [1.82, 2.24) is 5.32 Å². The van der Waals surface area contributed by atoms with Crippen molar-refractivity contribution < 1.29 is 24.8 Å². The standard InChI is InChI=1S/C22H39NO5.ClH/c24-13-18-21(20(26)19(25)12-23-18)28-5-3-1-2-4-27-14-22-9-15-6-16(10-22)8-17(7-15)11-22;/h15-21,23-26H,1-14H2;1H/t15?,16?,17?,18-,19+,20-,21-,22?;/m1./s1. The van der Waals surface area contributed by atoms with Crippen LogP contribution in [0.4, 0.5) is 0 Å². The van der Waals surface area contributed by atoms with Gasteiger partial charge in [-0.05, 0) is 81.0 Å². The van der Waals surface area contributed by atoms with Gasteiger partial charge in [-0.2, -0.15) is 0 Å². The second kappa shape index (κ2) is 10.6. The SMILES string of the molecule is Cl.OC[C@H]1NC[C@H](O)[C@@H](O)[C@@H]1OCCCCCOCC12CC3CC(CC(C3)C1)C2. The Morgan fingerprint density at radius 2 is 1.52 bits per heavy atom. The molecule has 7 heteroatoms. The summed E-state index contributed by atoms with van der Waals surface area (Å²) < 4.78 is 11.9. The smallest absolute Gasteiger partial charge is 0.109 e. The van der Waals surface area contributed by atoms with E-state index in [1.54, 1.807) is 0 Å². The van der Waals surface area contributed by atoms with Crippen LogP contribution in [0.2, 0.25) is 0 Å². The first kappa shape index (κ1) is 23.7. The zero-order valence-electron chi connectivity index (χ0n) is 17.5. The lowest BCUT2D eigenvalue weighted by atomic mass is 9.50. The zero-order chi connectivity index (χ0) is 19.6. The first-order valence-corrected chi connectivity index (χ1v) is 11.5. The summed E-state index contributed by atoms with van der Waals surface area (Å²) >= 11 is 0. The molecule has 5 fully saturated rings. The second-order valence-corrected chi connectivity index (χ2v) is 10.1. The average molecular weight is 434 g/mol. The van der Waals surface area contributed by atoms with E-state index in [-0.39, 0.29) is 31.6 Å². The molecule has 4 atom stereocenters. The number of ether oxygens (including phenoxy) is 2. The molecule has 0 spiro atoms. The summed E-state index contributed by atoms with van der Waals surface area (Å²) in [7, 11) is 0. The summed E-state index contributed by atoms with van der Waals surface area (Å²) in [6.45, 7) is 2.50. The summed E-state index contributed by atoms with van der Waals surface area (Å²) in [5, 5.41) is 32.3. The van der Waals surface area contributed by atoms with Crippen LogP contribution in [0.25, 0.3) is 0 Å². The molecular weight excluding hydrogens is 394 g/mol. The Balaban J connectivity index is 0.00000240. The van der Waals surface area contributed by atoms with Crippen LogP contribution >= 0.6 is 12.4 Å². The topological polar surface area (TPSA) is 91.2 Å². The fourth-order valence-electron chi connectivity index (χ4n) is 6.81. The van der Waals surface area contributed by atoms with E-state index in [1.165, 1.54) is 38.5 Å². The number of nitrogens with one attached hydrogen (secondary N) is 1. The van der Waals surface area contributed by atoms with Crippen molar-refractivity contribution in [2.75, 3.05) is 33.0 Å². The lowest BCUT2D eigenvalue weighted by Crippen LogP contribution is -2.61. The molecule has 5 aliphatic rings. The fraction of sp³-hybridized carbons (Fsp3) is 1.00. The van der Waals surface area contributed by atoms with Gasteiger partial charge in [0.2, 0.25) is 0 Å². The zero-order valence-corrected chi connectivity index (χ0v) is 18.3. The molecule has 6 nitrogen and oxygen atoms in total. The van der Waals surface area contributed by atoms with Gasteiger partial charge in [0.1, 0.15) is 12.2 Å². The predicted octanol–water partition coefficient (Wildman–Crippen LogP) is 1.88. The van der Waals surface area contributed by atoms with Crippen molar-refractivity contribution >= 4 is 12.4 Å². The minimum atomic E-state index is -0.943. The Hall–Kier alpha value is 0.0500. The molecule has 1 heterocycles. The monoisotopic (exact) mass is 433 g/mol. The Labute approximate surface area is 181 Å². The highest BCUT2D eigenvalue weighted by Crippen LogP contribution is 2.60. The number of hydrogen-bond acceptors (Lipinski definition) is 6. The maximum Gasteiger partial charge on any atom is 0.109 e. The quantitative estimate of drug-likeness (QED) is 0.393. The maximum atomic E-state index is 10.1. The molecule has 0 aromatic carbocycles. The highest BCUT2D eigenvalue weighted by molar-refractivity contribution is 5.85. The van der Waals surface area contributed by atoms with Gasteiger partial charge in [0.25, 0.3) is 0 Å². The van der Waals surface area contributed by atoms with Gasteiger partial charge in [-0.1, -0.05) is 0 Å². The van der Waals surface area contributed by atoms with Crippen LogP contribution in [-0.4, -0.2) is 72.6 Å². The number of halogens is 1. The summed E-state index contributed by atoms with van der Waals surface area (Å²) in [5.74, 6) is 2.95. The molecule has 1 saturated heterocycles. The van der Waals surface area contributed by atoms with E-state index in [2.05, 4.69) is 5.32 Å². The van der Waals surface area contributed by atoms with Gasteiger partial charge in [0.15, 0.2) is 0 Å². The third kappa shape index (κ3) is 5.65. The van der Waals surface area contributed by atoms with Gasteiger partial charge in [-0.15, -0.1) is 12.4 Å². The highest BCUT2D eigenvalue weighted by atomic mass is 35.5. The van der Waals surface area contributed by atoms with Crippen molar-refractivity contribution in [3.63, 3.8) is 0 Å². The highest BCUT2D eigenvalue weighted by Gasteiger charge is 2.50. The molecule has 170 valence electrons. The van der Waals surface area contributed by atoms with Gasteiger partial charge < -0.3 is 30.1 Å².